The summed E-state index contributed by atoms with van der Waals surface area (Å²) in [5, 5.41) is 3.04. The minimum Gasteiger partial charge on any atom is -0.379 e. The third-order valence-corrected chi connectivity index (χ3v) is 5.35. The van der Waals surface area contributed by atoms with E-state index in [1.54, 1.807) is 11.8 Å². The summed E-state index contributed by atoms with van der Waals surface area (Å²) < 4.78 is 11.1. The largest absolute Gasteiger partial charge is 0.379 e. The highest BCUT2D eigenvalue weighted by atomic mass is 32.2. The molecule has 1 saturated heterocycles. The molecule has 2 heterocycles. The highest BCUT2D eigenvalue weighted by molar-refractivity contribution is 8.01. The first-order chi connectivity index (χ1) is 10.8. The molecule has 22 heavy (non-hydrogen) atoms. The lowest BCUT2D eigenvalue weighted by molar-refractivity contribution is -0.120. The van der Waals surface area contributed by atoms with Gasteiger partial charge in [0.05, 0.1) is 18.0 Å². The van der Waals surface area contributed by atoms with Gasteiger partial charge < -0.3 is 14.8 Å². The van der Waals surface area contributed by atoms with Gasteiger partial charge in [0, 0.05) is 24.7 Å². The van der Waals surface area contributed by atoms with E-state index < -0.39 is 0 Å². The fraction of sp³-hybridized carbons (Fsp3) is 0.588. The summed E-state index contributed by atoms with van der Waals surface area (Å²) in [5.74, 6) is 0.139. The number of fused-ring (bicyclic) bond motifs is 1. The van der Waals surface area contributed by atoms with Gasteiger partial charge in [-0.25, -0.2) is 0 Å². The second-order valence-corrected chi connectivity index (χ2v) is 7.02. The molecule has 1 amide bonds. The van der Waals surface area contributed by atoms with Gasteiger partial charge in [-0.3, -0.25) is 4.79 Å². The second kappa shape index (κ2) is 7.99. The summed E-state index contributed by atoms with van der Waals surface area (Å²) in [7, 11) is 0. The highest BCUT2D eigenvalue weighted by Crippen LogP contribution is 2.36. The number of hydrogen-bond donors (Lipinski definition) is 1. The van der Waals surface area contributed by atoms with Gasteiger partial charge in [0.1, 0.15) is 0 Å². The first-order valence-electron chi connectivity index (χ1n) is 8.04. The maximum absolute atomic E-state index is 12.2. The molecule has 1 aromatic carbocycles. The topological polar surface area (TPSA) is 47.6 Å². The van der Waals surface area contributed by atoms with E-state index in [0.29, 0.717) is 19.8 Å². The molecule has 1 fully saturated rings. The molecule has 5 heteroatoms. The second-order valence-electron chi connectivity index (χ2n) is 5.77. The van der Waals surface area contributed by atoms with Gasteiger partial charge in [-0.15, -0.1) is 11.8 Å². The maximum atomic E-state index is 12.2. The number of carbonyl (C=O) groups excluding carboxylic acids is 1. The molecule has 2 atom stereocenters. The molecule has 120 valence electrons. The molecular weight excluding hydrogens is 298 g/mol. The standard InChI is InChI=1S/C17H23NO3S/c19-17(16-11-13-5-1-2-7-15(13)22-16)18-8-4-9-20-12-14-6-3-10-21-14/h1-2,5,7,14,16H,3-4,6,8-12H2,(H,18,19)/t14-,16+/m0/s1. The van der Waals surface area contributed by atoms with Crippen LogP contribution < -0.4 is 5.32 Å². The van der Waals surface area contributed by atoms with Crippen molar-refractivity contribution in [3.63, 3.8) is 0 Å². The van der Waals surface area contributed by atoms with Crippen LogP contribution in [0.1, 0.15) is 24.8 Å². The molecule has 0 aliphatic carbocycles. The molecule has 0 saturated carbocycles. The van der Waals surface area contributed by atoms with E-state index in [1.165, 1.54) is 10.5 Å². The van der Waals surface area contributed by atoms with Gasteiger partial charge in [-0.2, -0.15) is 0 Å². The Balaban J connectivity index is 1.27. The third kappa shape index (κ3) is 4.24. The van der Waals surface area contributed by atoms with Crippen LogP contribution in [0.25, 0.3) is 0 Å². The zero-order valence-corrected chi connectivity index (χ0v) is 13.6. The zero-order chi connectivity index (χ0) is 15.2. The summed E-state index contributed by atoms with van der Waals surface area (Å²) >= 11 is 1.67. The minimum absolute atomic E-state index is 0.0187. The van der Waals surface area contributed by atoms with Crippen molar-refractivity contribution in [3.05, 3.63) is 29.8 Å². The molecule has 0 aromatic heterocycles. The maximum Gasteiger partial charge on any atom is 0.233 e. The van der Waals surface area contributed by atoms with Crippen molar-refractivity contribution < 1.29 is 14.3 Å². The molecule has 1 N–H and O–H groups in total. The van der Waals surface area contributed by atoms with Crippen molar-refractivity contribution in [3.8, 4) is 0 Å². The summed E-state index contributed by atoms with van der Waals surface area (Å²) in [5.41, 5.74) is 1.28. The summed E-state index contributed by atoms with van der Waals surface area (Å²) in [6.07, 6.45) is 4.22. The third-order valence-electron chi connectivity index (χ3n) is 4.03. The van der Waals surface area contributed by atoms with Crippen LogP contribution >= 0.6 is 11.8 Å². The zero-order valence-electron chi connectivity index (χ0n) is 12.8. The Kier molecular flexibility index (Phi) is 5.76. The molecule has 2 aliphatic rings. The first kappa shape index (κ1) is 15.8. The Labute approximate surface area is 135 Å². The lowest BCUT2D eigenvalue weighted by Gasteiger charge is -2.11. The number of ether oxygens (including phenoxy) is 2. The highest BCUT2D eigenvalue weighted by Gasteiger charge is 2.27. The predicted octanol–water partition coefficient (Wildman–Crippen LogP) is 2.41. The van der Waals surface area contributed by atoms with Crippen molar-refractivity contribution in [2.24, 2.45) is 0 Å². The van der Waals surface area contributed by atoms with E-state index in [0.717, 1.165) is 32.3 Å². The van der Waals surface area contributed by atoms with Crippen LogP contribution in [0.2, 0.25) is 0 Å². The Hall–Kier alpha value is -1.04. The van der Waals surface area contributed by atoms with Crippen LogP contribution in [0.15, 0.2) is 29.2 Å². The minimum atomic E-state index is 0.0187. The Bertz CT molecular complexity index is 477. The number of hydrogen-bond acceptors (Lipinski definition) is 4. The average molecular weight is 321 g/mol. The van der Waals surface area contributed by atoms with Crippen molar-refractivity contribution in [1.82, 2.24) is 5.32 Å². The van der Waals surface area contributed by atoms with Gasteiger partial charge in [0.2, 0.25) is 5.91 Å². The van der Waals surface area contributed by atoms with E-state index in [-0.39, 0.29) is 17.3 Å². The lowest BCUT2D eigenvalue weighted by Crippen LogP contribution is -2.33. The fourth-order valence-corrected chi connectivity index (χ4v) is 4.04. The fourth-order valence-electron chi connectivity index (χ4n) is 2.82. The average Bonchev–Trinajstić information content (AvgIpc) is 3.19. The number of benzene rings is 1. The molecule has 3 rings (SSSR count). The molecular formula is C17H23NO3S. The monoisotopic (exact) mass is 321 g/mol. The smallest absolute Gasteiger partial charge is 0.233 e. The van der Waals surface area contributed by atoms with Crippen molar-refractivity contribution >= 4 is 17.7 Å². The van der Waals surface area contributed by atoms with Gasteiger partial charge in [0.25, 0.3) is 0 Å². The van der Waals surface area contributed by atoms with Gasteiger partial charge in [-0.05, 0) is 37.3 Å². The molecule has 4 nitrogen and oxygen atoms in total. The van der Waals surface area contributed by atoms with Crippen LogP contribution in [0.5, 0.6) is 0 Å². The molecule has 0 radical (unpaired) electrons. The van der Waals surface area contributed by atoms with E-state index in [1.807, 2.05) is 12.1 Å². The molecule has 2 aliphatic heterocycles. The van der Waals surface area contributed by atoms with Gasteiger partial charge in [0.15, 0.2) is 0 Å². The number of rotatable bonds is 7. The molecule has 1 aromatic rings. The number of nitrogens with one attached hydrogen (secondary N) is 1. The van der Waals surface area contributed by atoms with E-state index >= 15 is 0 Å². The normalized spacial score (nSPS) is 23.5. The summed E-state index contributed by atoms with van der Waals surface area (Å²) in [6, 6.07) is 8.25. The summed E-state index contributed by atoms with van der Waals surface area (Å²) in [6.45, 7) is 2.91. The van der Waals surface area contributed by atoms with E-state index in [4.69, 9.17) is 9.47 Å². The van der Waals surface area contributed by atoms with Crippen molar-refractivity contribution in [2.45, 2.75) is 41.9 Å². The summed E-state index contributed by atoms with van der Waals surface area (Å²) in [4.78, 5) is 13.4. The molecule has 0 unspecified atom stereocenters. The number of carbonyl (C=O) groups is 1. The van der Waals surface area contributed by atoms with E-state index in [2.05, 4.69) is 17.4 Å². The number of thioether (sulfide) groups is 1. The Morgan fingerprint density at radius 1 is 1.41 bits per heavy atom. The predicted molar refractivity (Wildman–Crippen MR) is 87.2 cm³/mol. The lowest BCUT2D eigenvalue weighted by atomic mass is 10.1. The van der Waals surface area contributed by atoms with Crippen LogP contribution in [0.4, 0.5) is 0 Å². The number of amides is 1. The Morgan fingerprint density at radius 3 is 3.14 bits per heavy atom. The van der Waals surface area contributed by atoms with Gasteiger partial charge >= 0.3 is 0 Å². The van der Waals surface area contributed by atoms with Gasteiger partial charge in [-0.1, -0.05) is 18.2 Å². The van der Waals surface area contributed by atoms with Crippen LogP contribution in [-0.4, -0.2) is 43.6 Å². The van der Waals surface area contributed by atoms with Crippen LogP contribution in [0.3, 0.4) is 0 Å². The van der Waals surface area contributed by atoms with Crippen LogP contribution in [-0.2, 0) is 20.7 Å². The van der Waals surface area contributed by atoms with Crippen molar-refractivity contribution in [2.75, 3.05) is 26.4 Å². The van der Waals surface area contributed by atoms with Crippen molar-refractivity contribution in [1.29, 1.82) is 0 Å². The SMILES string of the molecule is O=C(NCCCOC[C@@H]1CCCO1)[C@H]1Cc2ccccc2S1. The molecule has 0 spiro atoms. The van der Waals surface area contributed by atoms with E-state index in [9.17, 15) is 4.79 Å². The quantitative estimate of drug-likeness (QED) is 0.784. The van der Waals surface area contributed by atoms with Crippen LogP contribution in [0, 0.1) is 0 Å². The first-order valence-corrected chi connectivity index (χ1v) is 8.92. The Morgan fingerprint density at radius 2 is 2.32 bits per heavy atom. The molecule has 0 bridgehead atoms.